The monoisotopic (exact) mass is 204 g/mol. The van der Waals surface area contributed by atoms with Crippen molar-refractivity contribution in [2.24, 2.45) is 0 Å². The van der Waals surface area contributed by atoms with Gasteiger partial charge in [-0.05, 0) is 31.4 Å². The van der Waals surface area contributed by atoms with Crippen molar-refractivity contribution in [2.75, 3.05) is 0 Å². The lowest BCUT2D eigenvalue weighted by atomic mass is 9.94. The molecule has 0 aliphatic heterocycles. The summed E-state index contributed by atoms with van der Waals surface area (Å²) in [6.45, 7) is 0. The third-order valence-corrected chi connectivity index (χ3v) is 2.63. The Morgan fingerprint density at radius 1 is 1.27 bits per heavy atom. The maximum atomic E-state index is 10.9. The highest BCUT2D eigenvalue weighted by Crippen LogP contribution is 2.31. The van der Waals surface area contributed by atoms with E-state index in [1.165, 1.54) is 0 Å². The fourth-order valence-corrected chi connectivity index (χ4v) is 1.91. The van der Waals surface area contributed by atoms with Crippen LogP contribution < -0.4 is 0 Å². The van der Waals surface area contributed by atoms with E-state index in [1.54, 1.807) is 6.20 Å². The van der Waals surface area contributed by atoms with Crippen molar-refractivity contribution in [3.8, 4) is 0 Å². The molecule has 4 heteroatoms. The summed E-state index contributed by atoms with van der Waals surface area (Å²) in [7, 11) is 0. The van der Waals surface area contributed by atoms with Gasteiger partial charge in [0.05, 0.1) is 16.2 Å². The van der Waals surface area contributed by atoms with Crippen LogP contribution in [0.4, 0.5) is 0 Å². The second kappa shape index (κ2) is 4.21. The second-order valence-corrected chi connectivity index (χ2v) is 3.60. The zero-order valence-corrected chi connectivity index (χ0v) is 8.35. The lowest BCUT2D eigenvalue weighted by Gasteiger charge is -2.13. The van der Waals surface area contributed by atoms with E-state index in [0.717, 1.165) is 30.5 Å². The molecule has 0 saturated carbocycles. The quantitative estimate of drug-likeness (QED) is 0.549. The Balaban J connectivity index is 2.44. The van der Waals surface area contributed by atoms with Crippen molar-refractivity contribution >= 4 is 5.57 Å². The van der Waals surface area contributed by atoms with Crippen LogP contribution in [-0.4, -0.2) is 9.91 Å². The number of aromatic nitrogens is 1. The van der Waals surface area contributed by atoms with Gasteiger partial charge < -0.3 is 0 Å². The lowest BCUT2D eigenvalue weighted by molar-refractivity contribution is -0.427. The Morgan fingerprint density at radius 3 is 2.73 bits per heavy atom. The molecule has 4 nitrogen and oxygen atoms in total. The van der Waals surface area contributed by atoms with Crippen LogP contribution in [0.25, 0.3) is 5.57 Å². The predicted octanol–water partition coefficient (Wildman–Crippen LogP) is 2.64. The predicted molar refractivity (Wildman–Crippen MR) is 56.6 cm³/mol. The summed E-state index contributed by atoms with van der Waals surface area (Å²) < 4.78 is 0. The fourth-order valence-electron chi connectivity index (χ4n) is 1.91. The minimum Gasteiger partial charge on any atom is -0.259 e. The molecule has 1 aliphatic carbocycles. The van der Waals surface area contributed by atoms with Gasteiger partial charge in [-0.2, -0.15) is 0 Å². The van der Waals surface area contributed by atoms with E-state index in [1.807, 2.05) is 18.2 Å². The SMILES string of the molecule is O=[N+]([O-])C1=C(c2ccccn2)CCCC1. The smallest absolute Gasteiger partial charge is 0.251 e. The molecule has 0 bridgehead atoms. The number of hydrogen-bond donors (Lipinski definition) is 0. The molecule has 0 atom stereocenters. The molecule has 0 unspecified atom stereocenters. The average Bonchev–Trinajstić information content (AvgIpc) is 2.30. The second-order valence-electron chi connectivity index (χ2n) is 3.60. The maximum absolute atomic E-state index is 10.9. The van der Waals surface area contributed by atoms with Crippen LogP contribution in [-0.2, 0) is 0 Å². The normalized spacial score (nSPS) is 16.5. The summed E-state index contributed by atoms with van der Waals surface area (Å²) in [6, 6.07) is 5.52. The third kappa shape index (κ3) is 2.03. The number of pyridine rings is 1. The van der Waals surface area contributed by atoms with Crippen LogP contribution >= 0.6 is 0 Å². The summed E-state index contributed by atoms with van der Waals surface area (Å²) >= 11 is 0. The van der Waals surface area contributed by atoms with E-state index in [-0.39, 0.29) is 4.92 Å². The zero-order valence-electron chi connectivity index (χ0n) is 8.35. The average molecular weight is 204 g/mol. The summed E-state index contributed by atoms with van der Waals surface area (Å²) in [4.78, 5) is 14.8. The first-order chi connectivity index (χ1) is 7.29. The van der Waals surface area contributed by atoms with Crippen molar-refractivity contribution < 1.29 is 4.92 Å². The van der Waals surface area contributed by atoms with Crippen LogP contribution in [0.1, 0.15) is 31.4 Å². The van der Waals surface area contributed by atoms with Crippen LogP contribution in [0, 0.1) is 10.1 Å². The van der Waals surface area contributed by atoms with Crippen LogP contribution in [0.15, 0.2) is 30.1 Å². The third-order valence-electron chi connectivity index (χ3n) is 2.63. The largest absolute Gasteiger partial charge is 0.259 e. The first kappa shape index (κ1) is 9.83. The molecule has 0 amide bonds. The lowest BCUT2D eigenvalue weighted by Crippen LogP contribution is -2.08. The van der Waals surface area contributed by atoms with E-state index < -0.39 is 0 Å². The van der Waals surface area contributed by atoms with Crippen molar-refractivity contribution in [2.45, 2.75) is 25.7 Å². The Kier molecular flexibility index (Phi) is 2.76. The standard InChI is InChI=1S/C11H12N2O2/c14-13(15)11-7-2-1-5-9(11)10-6-3-4-8-12-10/h3-4,6,8H,1-2,5,7H2. The van der Waals surface area contributed by atoms with Crippen molar-refractivity contribution in [1.29, 1.82) is 0 Å². The molecule has 1 aromatic heterocycles. The Morgan fingerprint density at radius 2 is 2.07 bits per heavy atom. The highest BCUT2D eigenvalue weighted by molar-refractivity contribution is 5.64. The van der Waals surface area contributed by atoms with Gasteiger partial charge in [0, 0.05) is 12.6 Å². The van der Waals surface area contributed by atoms with Crippen molar-refractivity contribution in [1.82, 2.24) is 4.98 Å². The highest BCUT2D eigenvalue weighted by Gasteiger charge is 2.23. The van der Waals surface area contributed by atoms with E-state index >= 15 is 0 Å². The van der Waals surface area contributed by atoms with Gasteiger partial charge in [-0.3, -0.25) is 15.1 Å². The number of nitro groups is 1. The van der Waals surface area contributed by atoms with Gasteiger partial charge in [0.1, 0.15) is 0 Å². The molecule has 0 radical (unpaired) electrons. The van der Waals surface area contributed by atoms with E-state index in [9.17, 15) is 10.1 Å². The molecule has 1 aliphatic rings. The summed E-state index contributed by atoms with van der Waals surface area (Å²) in [5.41, 5.74) is 1.91. The maximum Gasteiger partial charge on any atom is 0.251 e. The molecule has 15 heavy (non-hydrogen) atoms. The number of rotatable bonds is 2. The molecular weight excluding hydrogens is 192 g/mol. The Labute approximate surface area is 87.8 Å². The molecule has 2 rings (SSSR count). The van der Waals surface area contributed by atoms with Crippen LogP contribution in [0.2, 0.25) is 0 Å². The van der Waals surface area contributed by atoms with Crippen LogP contribution in [0.5, 0.6) is 0 Å². The molecule has 1 heterocycles. The minimum atomic E-state index is -0.261. The van der Waals surface area contributed by atoms with Crippen molar-refractivity contribution in [3.05, 3.63) is 45.9 Å². The van der Waals surface area contributed by atoms with Gasteiger partial charge in [-0.15, -0.1) is 0 Å². The Hall–Kier alpha value is -1.71. The zero-order chi connectivity index (χ0) is 10.7. The molecule has 0 fully saturated rings. The summed E-state index contributed by atoms with van der Waals surface area (Å²) in [5.74, 6) is 0. The fraction of sp³-hybridized carbons (Fsp3) is 0.364. The van der Waals surface area contributed by atoms with Gasteiger partial charge in [0.15, 0.2) is 0 Å². The molecule has 78 valence electrons. The first-order valence-corrected chi connectivity index (χ1v) is 5.07. The number of hydrogen-bond acceptors (Lipinski definition) is 3. The Bertz CT molecular complexity index is 398. The van der Waals surface area contributed by atoms with Gasteiger partial charge in [0.2, 0.25) is 0 Å². The molecular formula is C11H12N2O2. The number of nitrogens with zero attached hydrogens (tertiary/aromatic N) is 2. The summed E-state index contributed by atoms with van der Waals surface area (Å²) in [6.07, 6.45) is 4.94. The van der Waals surface area contributed by atoms with Gasteiger partial charge in [-0.25, -0.2) is 0 Å². The molecule has 0 aromatic carbocycles. The van der Waals surface area contributed by atoms with Gasteiger partial charge >= 0.3 is 0 Å². The molecule has 1 aromatic rings. The van der Waals surface area contributed by atoms with Gasteiger partial charge in [0.25, 0.3) is 5.70 Å². The molecule has 0 N–H and O–H groups in total. The topological polar surface area (TPSA) is 56.0 Å². The van der Waals surface area contributed by atoms with Gasteiger partial charge in [-0.1, -0.05) is 6.07 Å². The van der Waals surface area contributed by atoms with E-state index in [2.05, 4.69) is 4.98 Å². The number of allylic oxidation sites excluding steroid dienone is 2. The van der Waals surface area contributed by atoms with E-state index in [0.29, 0.717) is 12.1 Å². The molecule has 0 spiro atoms. The van der Waals surface area contributed by atoms with Crippen LogP contribution in [0.3, 0.4) is 0 Å². The summed E-state index contributed by atoms with van der Waals surface area (Å²) in [5, 5.41) is 10.9. The highest BCUT2D eigenvalue weighted by atomic mass is 16.6. The van der Waals surface area contributed by atoms with E-state index in [4.69, 9.17) is 0 Å². The molecule has 0 saturated heterocycles. The van der Waals surface area contributed by atoms with Crippen molar-refractivity contribution in [3.63, 3.8) is 0 Å². The first-order valence-electron chi connectivity index (χ1n) is 5.07. The minimum absolute atomic E-state index is 0.261.